The van der Waals surface area contributed by atoms with Gasteiger partial charge in [0.05, 0.1) is 30.7 Å². The van der Waals surface area contributed by atoms with Gasteiger partial charge in [0.15, 0.2) is 16.9 Å². The first-order valence-electron chi connectivity index (χ1n) is 11.8. The average Bonchev–Trinajstić information content (AvgIpc) is 3.16. The van der Waals surface area contributed by atoms with E-state index in [-0.39, 0.29) is 17.1 Å². The number of amides is 1. The summed E-state index contributed by atoms with van der Waals surface area (Å²) in [5.74, 6) is 1.18. The Morgan fingerprint density at radius 2 is 1.75 bits per heavy atom. The minimum Gasteiger partial charge on any atom is -0.493 e. The van der Waals surface area contributed by atoms with Gasteiger partial charge in [0, 0.05) is 10.2 Å². The van der Waals surface area contributed by atoms with Crippen molar-refractivity contribution in [2.24, 2.45) is 5.92 Å². The van der Waals surface area contributed by atoms with Crippen LogP contribution in [0.15, 0.2) is 74.3 Å². The number of fused-ring (bicyclic) bond motifs is 2. The van der Waals surface area contributed by atoms with Crippen molar-refractivity contribution in [3.8, 4) is 11.5 Å². The number of anilines is 1. The molecule has 3 aromatic carbocycles. The van der Waals surface area contributed by atoms with Crippen LogP contribution in [0.4, 0.5) is 5.69 Å². The zero-order valence-electron chi connectivity index (χ0n) is 20.5. The van der Waals surface area contributed by atoms with Crippen LogP contribution in [0.1, 0.15) is 47.1 Å². The Morgan fingerprint density at radius 1 is 1.00 bits per heavy atom. The molecule has 7 heteroatoms. The molecule has 0 aliphatic carbocycles. The fraction of sp³-hybridized carbons (Fsp3) is 0.241. The third kappa shape index (κ3) is 4.17. The lowest BCUT2D eigenvalue weighted by atomic mass is 9.97. The van der Waals surface area contributed by atoms with Gasteiger partial charge >= 0.3 is 0 Å². The standard InChI is InChI=1S/C29H26BrNO5/c1-16(2)15-35-23-12-6-18(14-24(23)34-4)26-25-27(32)21-13-17(3)5-11-22(21)36-28(25)29(33)31(26)20-9-7-19(30)8-10-20/h5-14,16,26H,15H2,1-4H3. The zero-order chi connectivity index (χ0) is 25.6. The topological polar surface area (TPSA) is 69.0 Å². The summed E-state index contributed by atoms with van der Waals surface area (Å²) in [4.78, 5) is 29.2. The molecule has 0 N–H and O–H groups in total. The molecule has 6 nitrogen and oxygen atoms in total. The van der Waals surface area contributed by atoms with Crippen LogP contribution in [0.25, 0.3) is 11.0 Å². The molecule has 0 spiro atoms. The molecule has 0 fully saturated rings. The molecule has 1 amide bonds. The fourth-order valence-electron chi connectivity index (χ4n) is 4.50. The lowest BCUT2D eigenvalue weighted by Crippen LogP contribution is -2.29. The largest absolute Gasteiger partial charge is 0.493 e. The Kier molecular flexibility index (Phi) is 6.35. The van der Waals surface area contributed by atoms with Gasteiger partial charge in [0.25, 0.3) is 5.91 Å². The fourth-order valence-corrected chi connectivity index (χ4v) is 4.76. The summed E-state index contributed by atoms with van der Waals surface area (Å²) in [6, 6.07) is 17.6. The molecule has 36 heavy (non-hydrogen) atoms. The summed E-state index contributed by atoms with van der Waals surface area (Å²) in [6.07, 6.45) is 0. The number of halogens is 1. The van der Waals surface area contributed by atoms with Crippen molar-refractivity contribution in [2.45, 2.75) is 26.8 Å². The van der Waals surface area contributed by atoms with Gasteiger partial charge in [0.1, 0.15) is 5.58 Å². The number of nitrogens with zero attached hydrogens (tertiary/aromatic N) is 1. The monoisotopic (exact) mass is 547 g/mol. The van der Waals surface area contributed by atoms with Crippen LogP contribution in [-0.4, -0.2) is 19.6 Å². The Labute approximate surface area is 217 Å². The highest BCUT2D eigenvalue weighted by Gasteiger charge is 2.44. The van der Waals surface area contributed by atoms with E-state index in [1.807, 2.05) is 55.5 Å². The van der Waals surface area contributed by atoms with Crippen molar-refractivity contribution in [1.29, 1.82) is 0 Å². The second-order valence-electron chi connectivity index (χ2n) is 9.34. The predicted octanol–water partition coefficient (Wildman–Crippen LogP) is 6.66. The summed E-state index contributed by atoms with van der Waals surface area (Å²) < 4.78 is 18.5. The minimum absolute atomic E-state index is 0.0587. The first-order valence-corrected chi connectivity index (χ1v) is 12.5. The molecule has 5 rings (SSSR count). The van der Waals surface area contributed by atoms with E-state index >= 15 is 0 Å². The molecule has 1 unspecified atom stereocenters. The highest BCUT2D eigenvalue weighted by Crippen LogP contribution is 2.43. The SMILES string of the molecule is COc1cc(C2c3c(oc4ccc(C)cc4c3=O)C(=O)N2c2ccc(Br)cc2)ccc1OCC(C)C. The maximum atomic E-state index is 13.8. The van der Waals surface area contributed by atoms with Crippen LogP contribution in [-0.2, 0) is 0 Å². The number of hydrogen-bond acceptors (Lipinski definition) is 5. The second-order valence-corrected chi connectivity index (χ2v) is 10.3. The van der Waals surface area contributed by atoms with Crippen LogP contribution < -0.4 is 19.8 Å². The van der Waals surface area contributed by atoms with Gasteiger partial charge in [-0.05, 0) is 66.9 Å². The van der Waals surface area contributed by atoms with E-state index in [1.54, 1.807) is 24.1 Å². The van der Waals surface area contributed by atoms with E-state index < -0.39 is 6.04 Å². The first-order chi connectivity index (χ1) is 17.3. The van der Waals surface area contributed by atoms with Gasteiger partial charge in [-0.2, -0.15) is 0 Å². The molecule has 1 atom stereocenters. The molecule has 1 aromatic heterocycles. The van der Waals surface area contributed by atoms with Gasteiger partial charge in [-0.1, -0.05) is 47.5 Å². The van der Waals surface area contributed by atoms with E-state index in [9.17, 15) is 9.59 Å². The Balaban J connectivity index is 1.73. The molecule has 1 aliphatic heterocycles. The lowest BCUT2D eigenvalue weighted by Gasteiger charge is -2.26. The molecular weight excluding hydrogens is 522 g/mol. The van der Waals surface area contributed by atoms with Gasteiger partial charge in [-0.25, -0.2) is 0 Å². The van der Waals surface area contributed by atoms with Crippen LogP contribution >= 0.6 is 15.9 Å². The van der Waals surface area contributed by atoms with Gasteiger partial charge < -0.3 is 13.9 Å². The predicted molar refractivity (Wildman–Crippen MR) is 143 cm³/mol. The molecule has 0 bridgehead atoms. The van der Waals surface area contributed by atoms with Crippen molar-refractivity contribution >= 4 is 38.5 Å². The third-order valence-electron chi connectivity index (χ3n) is 6.21. The molecule has 0 radical (unpaired) electrons. The summed E-state index contributed by atoms with van der Waals surface area (Å²) >= 11 is 3.45. The lowest BCUT2D eigenvalue weighted by molar-refractivity contribution is 0.0971. The summed E-state index contributed by atoms with van der Waals surface area (Å²) in [7, 11) is 1.58. The van der Waals surface area contributed by atoms with Crippen LogP contribution in [0.3, 0.4) is 0 Å². The van der Waals surface area contributed by atoms with Crippen molar-refractivity contribution in [2.75, 3.05) is 18.6 Å². The quantitative estimate of drug-likeness (QED) is 0.270. The second kappa shape index (κ2) is 9.47. The number of benzene rings is 3. The summed E-state index contributed by atoms with van der Waals surface area (Å²) in [5, 5.41) is 0.452. The third-order valence-corrected chi connectivity index (χ3v) is 6.73. The van der Waals surface area contributed by atoms with E-state index in [2.05, 4.69) is 29.8 Å². The molecular formula is C29H26BrNO5. The van der Waals surface area contributed by atoms with Gasteiger partial charge in [-0.15, -0.1) is 0 Å². The van der Waals surface area contributed by atoms with E-state index in [0.29, 0.717) is 46.2 Å². The Bertz CT molecular complexity index is 1520. The van der Waals surface area contributed by atoms with Crippen LogP contribution in [0.5, 0.6) is 11.5 Å². The molecule has 1 aliphatic rings. The number of carbonyl (C=O) groups is 1. The first kappa shape index (κ1) is 24.1. The number of methoxy groups -OCH3 is 1. The molecule has 2 heterocycles. The number of hydrogen-bond donors (Lipinski definition) is 0. The normalized spacial score (nSPS) is 15.0. The maximum absolute atomic E-state index is 13.8. The van der Waals surface area contributed by atoms with Crippen molar-refractivity contribution < 1.29 is 18.7 Å². The smallest absolute Gasteiger partial charge is 0.295 e. The maximum Gasteiger partial charge on any atom is 0.295 e. The van der Waals surface area contributed by atoms with E-state index in [0.717, 1.165) is 15.6 Å². The van der Waals surface area contributed by atoms with Crippen LogP contribution in [0, 0.1) is 12.8 Å². The summed E-state index contributed by atoms with van der Waals surface area (Å²) in [6.45, 7) is 6.61. The number of rotatable bonds is 6. The van der Waals surface area contributed by atoms with Crippen molar-refractivity contribution in [1.82, 2.24) is 0 Å². The zero-order valence-corrected chi connectivity index (χ0v) is 22.1. The van der Waals surface area contributed by atoms with Crippen molar-refractivity contribution in [3.63, 3.8) is 0 Å². The average molecular weight is 548 g/mol. The Hall–Kier alpha value is -3.58. The molecule has 0 saturated heterocycles. The minimum atomic E-state index is -0.692. The number of aryl methyl sites for hydroxylation is 1. The number of ether oxygens (including phenoxy) is 2. The highest BCUT2D eigenvalue weighted by molar-refractivity contribution is 9.10. The summed E-state index contributed by atoms with van der Waals surface area (Å²) in [5.41, 5.74) is 2.81. The van der Waals surface area contributed by atoms with Gasteiger partial charge in [0.2, 0.25) is 5.76 Å². The van der Waals surface area contributed by atoms with Crippen molar-refractivity contribution in [3.05, 3.63) is 97.8 Å². The molecule has 184 valence electrons. The van der Waals surface area contributed by atoms with Crippen LogP contribution in [0.2, 0.25) is 0 Å². The Morgan fingerprint density at radius 3 is 2.44 bits per heavy atom. The van der Waals surface area contributed by atoms with E-state index in [4.69, 9.17) is 13.9 Å². The highest BCUT2D eigenvalue weighted by atomic mass is 79.9. The molecule has 0 saturated carbocycles. The van der Waals surface area contributed by atoms with E-state index in [1.165, 1.54) is 0 Å². The number of carbonyl (C=O) groups excluding carboxylic acids is 1. The molecule has 4 aromatic rings. The van der Waals surface area contributed by atoms with Gasteiger partial charge in [-0.3, -0.25) is 14.5 Å².